The van der Waals surface area contributed by atoms with Crippen LogP contribution in [0.15, 0.2) is 30.3 Å². The Morgan fingerprint density at radius 1 is 1.03 bits per heavy atom. The summed E-state index contributed by atoms with van der Waals surface area (Å²) in [5, 5.41) is 2.85. The summed E-state index contributed by atoms with van der Waals surface area (Å²) in [6.07, 6.45) is 0.462. The van der Waals surface area contributed by atoms with Crippen molar-refractivity contribution in [3.05, 3.63) is 53.3 Å². The third-order valence-corrected chi connectivity index (χ3v) is 6.48. The van der Waals surface area contributed by atoms with Gasteiger partial charge in [-0.25, -0.2) is 18.0 Å². The van der Waals surface area contributed by atoms with E-state index in [1.165, 1.54) is 14.2 Å². The number of nitrogens with one attached hydrogen (secondary N) is 1. The third-order valence-electron chi connectivity index (χ3n) is 6.48. The fourth-order valence-corrected chi connectivity index (χ4v) is 4.74. The molecule has 188 valence electrons. The van der Waals surface area contributed by atoms with Crippen molar-refractivity contribution in [2.45, 2.75) is 37.4 Å². The Bertz CT molecular complexity index is 1130. The summed E-state index contributed by atoms with van der Waals surface area (Å²) >= 11 is 0. The zero-order valence-electron chi connectivity index (χ0n) is 19.4. The first kappa shape index (κ1) is 24.6. The molecule has 2 aliphatic heterocycles. The molecule has 3 atom stereocenters. The van der Waals surface area contributed by atoms with Crippen LogP contribution >= 0.6 is 0 Å². The molecule has 0 radical (unpaired) electrons. The smallest absolute Gasteiger partial charge is 0.322 e. The second-order valence-corrected chi connectivity index (χ2v) is 8.76. The van der Waals surface area contributed by atoms with Gasteiger partial charge in [0.1, 0.15) is 17.3 Å². The number of rotatable bonds is 7. The molecule has 3 amide bonds. The Morgan fingerprint density at radius 3 is 2.37 bits per heavy atom. The largest absolute Gasteiger partial charge is 0.497 e. The number of urea groups is 1. The van der Waals surface area contributed by atoms with Gasteiger partial charge in [-0.2, -0.15) is 0 Å². The maximum atomic E-state index is 13.9. The number of hydrogen-bond donors (Lipinski definition) is 2. The van der Waals surface area contributed by atoms with Gasteiger partial charge in [0.05, 0.1) is 32.0 Å². The zero-order valence-corrected chi connectivity index (χ0v) is 19.4. The summed E-state index contributed by atoms with van der Waals surface area (Å²) in [6.45, 7) is 0.722. The molecule has 0 aliphatic carbocycles. The van der Waals surface area contributed by atoms with Crippen LogP contribution in [0, 0.1) is 17.5 Å². The summed E-state index contributed by atoms with van der Waals surface area (Å²) in [5.74, 6) is -2.50. The van der Waals surface area contributed by atoms with Crippen molar-refractivity contribution in [3.63, 3.8) is 0 Å². The SMILES string of the molecule is COc1ccc(OC)c(NC(=O)N2C[C@@H]3C[C@@H]2CN3C(=O)C[C@H](N)Cc2cc(F)c(F)cc2F)c1. The number of carbonyl (C=O) groups is 2. The molecule has 3 N–H and O–H groups in total. The molecular weight excluding hydrogens is 465 g/mol. The number of anilines is 1. The Morgan fingerprint density at radius 2 is 1.71 bits per heavy atom. The van der Waals surface area contributed by atoms with E-state index in [0.717, 1.165) is 6.07 Å². The van der Waals surface area contributed by atoms with Crippen LogP contribution in [0.1, 0.15) is 18.4 Å². The first-order valence-electron chi connectivity index (χ1n) is 11.2. The molecule has 2 bridgehead atoms. The molecule has 0 unspecified atom stereocenters. The summed E-state index contributed by atoms with van der Waals surface area (Å²) in [7, 11) is 3.03. The molecule has 0 aromatic heterocycles. The quantitative estimate of drug-likeness (QED) is 0.580. The van der Waals surface area contributed by atoms with Crippen molar-refractivity contribution in [2.75, 3.05) is 32.6 Å². The minimum absolute atomic E-state index is 0.0745. The molecule has 0 spiro atoms. The topological polar surface area (TPSA) is 97.1 Å². The molecule has 2 heterocycles. The molecule has 11 heteroatoms. The van der Waals surface area contributed by atoms with Crippen LogP contribution in [0.4, 0.5) is 23.7 Å². The van der Waals surface area contributed by atoms with Gasteiger partial charge < -0.3 is 30.3 Å². The van der Waals surface area contributed by atoms with Crippen molar-refractivity contribution >= 4 is 17.6 Å². The van der Waals surface area contributed by atoms with Crippen LogP contribution in [0.5, 0.6) is 11.5 Å². The summed E-state index contributed by atoms with van der Waals surface area (Å²) in [4.78, 5) is 29.1. The Labute approximate surface area is 200 Å². The molecule has 2 aliphatic rings. The van der Waals surface area contributed by atoms with Gasteiger partial charge in [0.25, 0.3) is 0 Å². The average molecular weight is 492 g/mol. The van der Waals surface area contributed by atoms with E-state index >= 15 is 0 Å². The minimum atomic E-state index is -1.28. The first-order valence-corrected chi connectivity index (χ1v) is 11.2. The number of methoxy groups -OCH3 is 2. The van der Waals surface area contributed by atoms with Crippen molar-refractivity contribution in [1.82, 2.24) is 9.80 Å². The van der Waals surface area contributed by atoms with Crippen LogP contribution in [-0.4, -0.2) is 67.2 Å². The van der Waals surface area contributed by atoms with Crippen molar-refractivity contribution < 1.29 is 32.2 Å². The van der Waals surface area contributed by atoms with Gasteiger partial charge in [0, 0.05) is 37.7 Å². The molecule has 0 saturated carbocycles. The second kappa shape index (κ2) is 10.0. The van der Waals surface area contributed by atoms with E-state index in [9.17, 15) is 22.8 Å². The number of likely N-dealkylation sites (tertiary alicyclic amines) is 2. The van der Waals surface area contributed by atoms with Crippen LogP contribution in [0.2, 0.25) is 0 Å². The lowest BCUT2D eigenvalue weighted by Gasteiger charge is -2.34. The van der Waals surface area contributed by atoms with Crippen molar-refractivity contribution in [3.8, 4) is 11.5 Å². The molecule has 2 aromatic rings. The van der Waals surface area contributed by atoms with Gasteiger partial charge in [-0.3, -0.25) is 4.79 Å². The standard InChI is InChI=1S/C24H27F3N4O4/c1-34-17-3-4-22(35-2)21(9-17)29-24(33)31-12-15-8-16(31)11-30(15)23(32)7-14(28)5-13-6-19(26)20(27)10-18(13)25/h3-4,6,9-10,14-16H,5,7-8,11-12,28H2,1-2H3,(H,29,33)/t14-,15+,16-/m1/s1. The maximum Gasteiger partial charge on any atom is 0.322 e. The highest BCUT2D eigenvalue weighted by Gasteiger charge is 2.47. The number of fused-ring (bicyclic) bond motifs is 2. The number of nitrogens with two attached hydrogens (primary N) is 1. The summed E-state index contributed by atoms with van der Waals surface area (Å²) in [5.41, 5.74) is 6.41. The van der Waals surface area contributed by atoms with Crippen LogP contribution in [-0.2, 0) is 11.2 Å². The Balaban J connectivity index is 1.33. The number of benzene rings is 2. The van der Waals surface area contributed by atoms with E-state index in [4.69, 9.17) is 15.2 Å². The zero-order chi connectivity index (χ0) is 25.3. The second-order valence-electron chi connectivity index (χ2n) is 8.76. The lowest BCUT2D eigenvalue weighted by molar-refractivity contribution is -0.133. The van der Waals surface area contributed by atoms with Crippen molar-refractivity contribution in [1.29, 1.82) is 0 Å². The predicted molar refractivity (Wildman–Crippen MR) is 122 cm³/mol. The maximum absolute atomic E-state index is 13.9. The highest BCUT2D eigenvalue weighted by Crippen LogP contribution is 2.34. The number of carbonyl (C=O) groups excluding carboxylic acids is 2. The average Bonchev–Trinajstić information content (AvgIpc) is 3.44. The van der Waals surface area contributed by atoms with E-state index in [1.807, 2.05) is 0 Å². The molecule has 35 heavy (non-hydrogen) atoms. The molecule has 8 nitrogen and oxygen atoms in total. The van der Waals surface area contributed by atoms with E-state index in [1.54, 1.807) is 28.0 Å². The molecule has 2 fully saturated rings. The number of piperazine rings is 1. The monoisotopic (exact) mass is 492 g/mol. The number of hydrogen-bond acceptors (Lipinski definition) is 5. The number of halogens is 3. The van der Waals surface area contributed by atoms with Crippen molar-refractivity contribution in [2.24, 2.45) is 5.73 Å². The number of nitrogens with zero attached hydrogens (tertiary/aromatic N) is 2. The fourth-order valence-electron chi connectivity index (χ4n) is 4.74. The lowest BCUT2D eigenvalue weighted by Crippen LogP contribution is -2.52. The van der Waals surface area contributed by atoms with E-state index in [0.29, 0.717) is 42.8 Å². The van der Waals surface area contributed by atoms with Gasteiger partial charge >= 0.3 is 6.03 Å². The highest BCUT2D eigenvalue weighted by atomic mass is 19.2. The minimum Gasteiger partial charge on any atom is -0.497 e. The van der Waals surface area contributed by atoms with Gasteiger partial charge in [0.2, 0.25) is 5.91 Å². The Kier molecular flexibility index (Phi) is 7.06. The van der Waals surface area contributed by atoms with E-state index in [-0.39, 0.29) is 42.4 Å². The van der Waals surface area contributed by atoms with Gasteiger partial charge in [0.15, 0.2) is 11.6 Å². The highest BCUT2D eigenvalue weighted by molar-refractivity contribution is 5.92. The molecular formula is C24H27F3N4O4. The molecule has 2 aromatic carbocycles. The number of ether oxygens (including phenoxy) is 2. The van der Waals surface area contributed by atoms with Gasteiger partial charge in [-0.05, 0) is 36.6 Å². The fraction of sp³-hybridized carbons (Fsp3) is 0.417. The predicted octanol–water partition coefficient (Wildman–Crippen LogP) is 2.90. The lowest BCUT2D eigenvalue weighted by atomic mass is 10.0. The van der Waals surface area contributed by atoms with Crippen LogP contribution < -0.4 is 20.5 Å². The normalized spacial score (nSPS) is 19.6. The molecule has 2 saturated heterocycles. The van der Waals surface area contributed by atoms with E-state index < -0.39 is 23.5 Å². The third kappa shape index (κ3) is 5.14. The van der Waals surface area contributed by atoms with E-state index in [2.05, 4.69) is 5.32 Å². The summed E-state index contributed by atoms with van der Waals surface area (Å²) < 4.78 is 51.0. The number of amides is 3. The Hall–Kier alpha value is -3.47. The van der Waals surface area contributed by atoms with Crippen LogP contribution in [0.25, 0.3) is 0 Å². The first-order chi connectivity index (χ1) is 16.7. The van der Waals surface area contributed by atoms with Gasteiger partial charge in [-0.15, -0.1) is 0 Å². The molecule has 4 rings (SSSR count). The summed E-state index contributed by atoms with van der Waals surface area (Å²) in [6, 6.07) is 4.95. The van der Waals surface area contributed by atoms with Crippen LogP contribution in [0.3, 0.4) is 0 Å². The van der Waals surface area contributed by atoms with Gasteiger partial charge in [-0.1, -0.05) is 0 Å².